The number of likely N-dealkylation sites (N-methyl/N-ethyl adjacent to an activating group) is 1. The second-order valence-corrected chi connectivity index (χ2v) is 8.35. The van der Waals surface area contributed by atoms with Crippen LogP contribution < -0.4 is 5.73 Å². The molecule has 32 heavy (non-hydrogen) atoms. The Morgan fingerprint density at radius 1 is 1.19 bits per heavy atom. The van der Waals surface area contributed by atoms with Crippen LogP contribution in [0.2, 0.25) is 0 Å². The van der Waals surface area contributed by atoms with E-state index in [0.717, 1.165) is 50.3 Å². The molecule has 0 radical (unpaired) electrons. The lowest BCUT2D eigenvalue weighted by Crippen LogP contribution is -2.45. The molecule has 8 nitrogen and oxygen atoms in total. The molecule has 1 aromatic heterocycles. The van der Waals surface area contributed by atoms with Crippen LogP contribution in [0, 0.1) is 0 Å². The molecule has 0 atom stereocenters. The van der Waals surface area contributed by atoms with Gasteiger partial charge in [-0.05, 0) is 62.1 Å². The fourth-order valence-electron chi connectivity index (χ4n) is 4.06. The Morgan fingerprint density at radius 3 is 2.66 bits per heavy atom. The minimum absolute atomic E-state index is 0.0561. The topological polar surface area (TPSA) is 91.2 Å². The van der Waals surface area contributed by atoms with Gasteiger partial charge in [0.05, 0.1) is 11.3 Å². The number of amides is 1. The van der Waals surface area contributed by atoms with E-state index < -0.39 is 0 Å². The van der Waals surface area contributed by atoms with E-state index in [1.54, 1.807) is 4.90 Å². The average Bonchev–Trinajstić information content (AvgIpc) is 3.18. The van der Waals surface area contributed by atoms with E-state index in [1.807, 2.05) is 43.4 Å². The highest BCUT2D eigenvalue weighted by molar-refractivity contribution is 6.00. The van der Waals surface area contributed by atoms with Crippen LogP contribution in [0.4, 0.5) is 11.7 Å². The number of nitrogens with zero attached hydrogens (tertiary/aromatic N) is 5. The Morgan fingerprint density at radius 2 is 1.91 bits per heavy atom. The molecule has 0 spiro atoms. The van der Waals surface area contributed by atoms with Crippen LogP contribution >= 0.6 is 0 Å². The predicted molar refractivity (Wildman–Crippen MR) is 129 cm³/mol. The lowest BCUT2D eigenvalue weighted by atomic mass is 10.0. The molecule has 1 aliphatic heterocycles. The van der Waals surface area contributed by atoms with E-state index in [0.29, 0.717) is 28.9 Å². The maximum atomic E-state index is 13.2. The van der Waals surface area contributed by atoms with Crippen molar-refractivity contribution in [1.29, 1.82) is 0 Å². The lowest BCUT2D eigenvalue weighted by molar-refractivity contribution is 0.0784. The summed E-state index contributed by atoms with van der Waals surface area (Å²) in [7, 11) is 4.00. The minimum atomic E-state index is -0.0561. The molecule has 1 aliphatic rings. The number of anilines is 1. The van der Waals surface area contributed by atoms with Crippen molar-refractivity contribution in [3.63, 3.8) is 0 Å². The van der Waals surface area contributed by atoms with Crippen molar-refractivity contribution < 1.29 is 9.21 Å². The predicted octanol–water partition coefficient (Wildman–Crippen LogP) is 3.12. The summed E-state index contributed by atoms with van der Waals surface area (Å²) in [6.07, 6.45) is 0.937. The number of benzene rings is 2. The van der Waals surface area contributed by atoms with Gasteiger partial charge < -0.3 is 24.9 Å². The second kappa shape index (κ2) is 9.50. The summed E-state index contributed by atoms with van der Waals surface area (Å²) in [4.78, 5) is 28.1. The number of carbonyl (C=O) groups excluding carboxylic acids is 1. The summed E-state index contributed by atoms with van der Waals surface area (Å²) in [6, 6.07) is 11.4. The number of aliphatic imine (C=N–C) groups is 1. The Balaban J connectivity index is 1.47. The van der Waals surface area contributed by atoms with Gasteiger partial charge in [0.1, 0.15) is 5.52 Å². The molecule has 2 N–H and O–H groups in total. The van der Waals surface area contributed by atoms with E-state index in [2.05, 4.69) is 33.5 Å². The monoisotopic (exact) mass is 434 g/mol. The minimum Gasteiger partial charge on any atom is -0.424 e. The Kier molecular flexibility index (Phi) is 6.53. The number of nitrogen functional groups attached to an aromatic ring is 1. The molecule has 2 aromatic carbocycles. The highest BCUT2D eigenvalue weighted by Gasteiger charge is 2.18. The maximum absolute atomic E-state index is 13.2. The van der Waals surface area contributed by atoms with Crippen LogP contribution in [-0.4, -0.2) is 85.7 Å². The van der Waals surface area contributed by atoms with E-state index in [1.165, 1.54) is 0 Å². The zero-order valence-corrected chi connectivity index (χ0v) is 18.8. The molecule has 0 saturated carbocycles. The summed E-state index contributed by atoms with van der Waals surface area (Å²) < 4.78 is 5.35. The molecule has 8 heteroatoms. The first kappa shape index (κ1) is 22.0. The summed E-state index contributed by atoms with van der Waals surface area (Å²) in [5, 5.41) is 0. The van der Waals surface area contributed by atoms with E-state index in [9.17, 15) is 4.79 Å². The van der Waals surface area contributed by atoms with Gasteiger partial charge in [-0.2, -0.15) is 4.98 Å². The van der Waals surface area contributed by atoms with Gasteiger partial charge in [0.15, 0.2) is 5.58 Å². The molecule has 168 valence electrons. The molecule has 2 heterocycles. The Labute approximate surface area is 188 Å². The van der Waals surface area contributed by atoms with Gasteiger partial charge in [0.2, 0.25) is 0 Å². The number of oxazole rings is 1. The molecular weight excluding hydrogens is 404 g/mol. The largest absolute Gasteiger partial charge is 0.424 e. The third kappa shape index (κ3) is 4.81. The summed E-state index contributed by atoms with van der Waals surface area (Å²) in [5.74, 6) is -0.0561. The molecule has 0 unspecified atom stereocenters. The van der Waals surface area contributed by atoms with Crippen LogP contribution in [0.1, 0.15) is 16.8 Å². The smallest absolute Gasteiger partial charge is 0.292 e. The highest BCUT2D eigenvalue weighted by atomic mass is 16.4. The fourth-order valence-corrected chi connectivity index (χ4v) is 4.06. The van der Waals surface area contributed by atoms with Gasteiger partial charge in [-0.3, -0.25) is 9.79 Å². The van der Waals surface area contributed by atoms with Crippen molar-refractivity contribution >= 4 is 35.4 Å². The van der Waals surface area contributed by atoms with Crippen molar-refractivity contribution in [2.75, 3.05) is 59.1 Å². The van der Waals surface area contributed by atoms with Crippen molar-refractivity contribution in [3.8, 4) is 11.1 Å². The molecule has 0 bridgehead atoms. The standard InChI is InChI=1S/C24H30N6O2/c1-26-20-7-5-17(18-6-8-22-21(16-18)27-24(25)32-22)15-19(20)23(31)29(3)9-4-10-30-13-11-28(2)12-14-30/h5-8,15-16H,1,4,9-14H2,2-3H3,(H2,25,27). The van der Waals surface area contributed by atoms with E-state index >= 15 is 0 Å². The molecule has 1 saturated heterocycles. The first-order chi connectivity index (χ1) is 15.4. The number of hydrogen-bond donors (Lipinski definition) is 1. The van der Waals surface area contributed by atoms with Gasteiger partial charge >= 0.3 is 0 Å². The van der Waals surface area contributed by atoms with Crippen molar-refractivity contribution in [2.24, 2.45) is 4.99 Å². The van der Waals surface area contributed by atoms with Gasteiger partial charge in [-0.15, -0.1) is 0 Å². The molecule has 0 aliphatic carbocycles. The van der Waals surface area contributed by atoms with Crippen LogP contribution in [0.3, 0.4) is 0 Å². The molecule has 4 rings (SSSR count). The number of carbonyl (C=O) groups is 1. The quantitative estimate of drug-likeness (QED) is 0.575. The van der Waals surface area contributed by atoms with Gasteiger partial charge in [0, 0.05) is 39.8 Å². The van der Waals surface area contributed by atoms with E-state index in [4.69, 9.17) is 10.2 Å². The Hall–Kier alpha value is -3.23. The van der Waals surface area contributed by atoms with Crippen molar-refractivity contribution in [1.82, 2.24) is 19.7 Å². The SMILES string of the molecule is C=Nc1ccc(-c2ccc3oc(N)nc3c2)cc1C(=O)N(C)CCCN1CCN(C)CC1. The van der Waals surface area contributed by atoms with Crippen LogP contribution in [0.25, 0.3) is 22.2 Å². The summed E-state index contributed by atoms with van der Waals surface area (Å²) in [5.41, 5.74) is 9.91. The van der Waals surface area contributed by atoms with Gasteiger partial charge in [-0.25, -0.2) is 0 Å². The first-order valence-electron chi connectivity index (χ1n) is 10.9. The van der Waals surface area contributed by atoms with Crippen LogP contribution in [0.15, 0.2) is 45.8 Å². The van der Waals surface area contributed by atoms with Gasteiger partial charge in [-0.1, -0.05) is 12.1 Å². The van der Waals surface area contributed by atoms with Crippen molar-refractivity contribution in [3.05, 3.63) is 42.0 Å². The molecule has 1 fully saturated rings. The number of aromatic nitrogens is 1. The number of fused-ring (bicyclic) bond motifs is 1. The molecular formula is C24H30N6O2. The zero-order chi connectivity index (χ0) is 22.7. The maximum Gasteiger partial charge on any atom is 0.292 e. The van der Waals surface area contributed by atoms with Crippen LogP contribution in [0.5, 0.6) is 0 Å². The zero-order valence-electron chi connectivity index (χ0n) is 18.8. The third-order valence-corrected chi connectivity index (χ3v) is 6.05. The normalized spacial score (nSPS) is 15.2. The number of piperazine rings is 1. The molecule has 1 amide bonds. The first-order valence-corrected chi connectivity index (χ1v) is 10.9. The number of nitrogens with two attached hydrogens (primary N) is 1. The summed E-state index contributed by atoms with van der Waals surface area (Å²) in [6.45, 7) is 9.70. The van der Waals surface area contributed by atoms with Gasteiger partial charge in [0.25, 0.3) is 11.9 Å². The fraction of sp³-hybridized carbons (Fsp3) is 0.375. The number of hydrogen-bond acceptors (Lipinski definition) is 7. The Bertz CT molecular complexity index is 1120. The average molecular weight is 435 g/mol. The van der Waals surface area contributed by atoms with Crippen molar-refractivity contribution in [2.45, 2.75) is 6.42 Å². The highest BCUT2D eigenvalue weighted by Crippen LogP contribution is 2.30. The lowest BCUT2D eigenvalue weighted by Gasteiger charge is -2.32. The second-order valence-electron chi connectivity index (χ2n) is 8.35. The van der Waals surface area contributed by atoms with Crippen LogP contribution in [-0.2, 0) is 0 Å². The number of rotatable bonds is 7. The molecule has 3 aromatic rings. The van der Waals surface area contributed by atoms with E-state index in [-0.39, 0.29) is 11.9 Å². The summed E-state index contributed by atoms with van der Waals surface area (Å²) >= 11 is 0. The third-order valence-electron chi connectivity index (χ3n) is 6.05.